The summed E-state index contributed by atoms with van der Waals surface area (Å²) in [4.78, 5) is 0. The molecule has 0 atom stereocenters. The second kappa shape index (κ2) is 7.54. The summed E-state index contributed by atoms with van der Waals surface area (Å²) < 4.78 is 0. The molecule has 0 aliphatic carbocycles. The van der Waals surface area contributed by atoms with Gasteiger partial charge in [-0.1, -0.05) is 19.8 Å². The van der Waals surface area contributed by atoms with Crippen molar-refractivity contribution < 1.29 is 0 Å². The Balaban J connectivity index is 3.15. The lowest BCUT2D eigenvalue weighted by molar-refractivity contribution is 0.367. The number of hydrogen-bond acceptors (Lipinski definition) is 3. The Morgan fingerprint density at radius 3 is 2.73 bits per heavy atom. The van der Waals surface area contributed by atoms with Gasteiger partial charge in [0, 0.05) is 13.3 Å². The minimum atomic E-state index is 0.490. The van der Waals surface area contributed by atoms with E-state index < -0.39 is 0 Å². The lowest BCUT2D eigenvalue weighted by Gasteiger charge is -2.07. The highest BCUT2D eigenvalue weighted by atomic mass is 15.4. The third kappa shape index (κ3) is 7.33. The number of hydrogen-bond donors (Lipinski definition) is 1. The third-order valence-corrected chi connectivity index (χ3v) is 1.48. The van der Waals surface area contributed by atoms with Gasteiger partial charge < -0.3 is 5.73 Å². The van der Waals surface area contributed by atoms with Crippen LogP contribution in [-0.2, 0) is 0 Å². The highest BCUT2D eigenvalue weighted by Gasteiger charge is 1.84. The molecule has 0 radical (unpaired) electrons. The van der Waals surface area contributed by atoms with Crippen molar-refractivity contribution in [3.05, 3.63) is 0 Å². The van der Waals surface area contributed by atoms with E-state index in [1.165, 1.54) is 19.3 Å². The average molecular weight is 157 g/mol. The molecule has 0 amide bonds. The molecule has 0 rings (SSSR count). The van der Waals surface area contributed by atoms with Gasteiger partial charge in [-0.2, -0.15) is 5.10 Å². The third-order valence-electron chi connectivity index (χ3n) is 1.48. The quantitative estimate of drug-likeness (QED) is 0.274. The zero-order valence-electron chi connectivity index (χ0n) is 7.58. The molecule has 0 aromatic carbocycles. The molecule has 0 saturated carbocycles. The van der Waals surface area contributed by atoms with Crippen molar-refractivity contribution in [2.24, 2.45) is 10.8 Å². The van der Waals surface area contributed by atoms with Crippen molar-refractivity contribution in [2.45, 2.75) is 32.6 Å². The van der Waals surface area contributed by atoms with Gasteiger partial charge in [-0.15, -0.1) is 0 Å². The van der Waals surface area contributed by atoms with Crippen LogP contribution in [0.1, 0.15) is 32.6 Å². The van der Waals surface area contributed by atoms with Gasteiger partial charge in [0.05, 0.1) is 6.67 Å². The van der Waals surface area contributed by atoms with Crippen LogP contribution in [0.5, 0.6) is 0 Å². The van der Waals surface area contributed by atoms with Crippen molar-refractivity contribution in [2.75, 3.05) is 13.7 Å². The molecule has 2 N–H and O–H groups in total. The molecule has 0 aliphatic heterocycles. The summed E-state index contributed by atoms with van der Waals surface area (Å²) in [6.45, 7) is 2.69. The fourth-order valence-electron chi connectivity index (χ4n) is 0.730. The summed E-state index contributed by atoms with van der Waals surface area (Å²) in [5.41, 5.74) is 5.33. The van der Waals surface area contributed by atoms with Crippen LogP contribution in [-0.4, -0.2) is 24.9 Å². The summed E-state index contributed by atoms with van der Waals surface area (Å²) in [7, 11) is 1.87. The van der Waals surface area contributed by atoms with Crippen LogP contribution in [0.4, 0.5) is 0 Å². The largest absolute Gasteiger partial charge is 0.313 e. The maximum atomic E-state index is 5.33. The van der Waals surface area contributed by atoms with E-state index >= 15 is 0 Å². The number of hydrazone groups is 1. The first-order chi connectivity index (χ1) is 5.31. The predicted molar refractivity (Wildman–Crippen MR) is 49.5 cm³/mol. The summed E-state index contributed by atoms with van der Waals surface area (Å²) in [6.07, 6.45) is 6.79. The Labute approximate surface area is 69.3 Å². The fourth-order valence-corrected chi connectivity index (χ4v) is 0.730. The summed E-state index contributed by atoms with van der Waals surface area (Å²) in [5.74, 6) is 0. The van der Waals surface area contributed by atoms with E-state index in [0.29, 0.717) is 6.67 Å². The van der Waals surface area contributed by atoms with E-state index in [2.05, 4.69) is 12.0 Å². The monoisotopic (exact) mass is 157 g/mol. The van der Waals surface area contributed by atoms with E-state index in [4.69, 9.17) is 5.73 Å². The molecule has 0 heterocycles. The molecule has 11 heavy (non-hydrogen) atoms. The van der Waals surface area contributed by atoms with E-state index in [1.807, 2.05) is 13.3 Å². The maximum Gasteiger partial charge on any atom is 0.0826 e. The van der Waals surface area contributed by atoms with Crippen LogP contribution in [0.2, 0.25) is 0 Å². The molecular formula is C8H19N3. The molecule has 0 saturated heterocycles. The van der Waals surface area contributed by atoms with Gasteiger partial charge in [0.15, 0.2) is 0 Å². The average Bonchev–Trinajstić information content (AvgIpc) is 2.04. The van der Waals surface area contributed by atoms with Crippen LogP contribution in [0.25, 0.3) is 0 Å². The summed E-state index contributed by atoms with van der Waals surface area (Å²) >= 11 is 0. The molecule has 66 valence electrons. The maximum absolute atomic E-state index is 5.33. The van der Waals surface area contributed by atoms with Crippen molar-refractivity contribution in [3.63, 3.8) is 0 Å². The SMILES string of the molecule is CCCCC/C=N/N(C)CN. The minimum Gasteiger partial charge on any atom is -0.313 e. The van der Waals surface area contributed by atoms with Gasteiger partial charge in [-0.3, -0.25) is 5.01 Å². The molecule has 0 unspecified atom stereocenters. The highest BCUT2D eigenvalue weighted by molar-refractivity contribution is 5.56. The molecule has 3 nitrogen and oxygen atoms in total. The highest BCUT2D eigenvalue weighted by Crippen LogP contribution is 1.96. The molecule has 0 aliphatic rings. The van der Waals surface area contributed by atoms with E-state index in [0.717, 1.165) is 6.42 Å². The van der Waals surface area contributed by atoms with Crippen LogP contribution >= 0.6 is 0 Å². The summed E-state index contributed by atoms with van der Waals surface area (Å²) in [5, 5.41) is 5.83. The Hall–Kier alpha value is -0.570. The van der Waals surface area contributed by atoms with E-state index in [9.17, 15) is 0 Å². The van der Waals surface area contributed by atoms with Gasteiger partial charge in [-0.25, -0.2) is 0 Å². The molecule has 0 bridgehead atoms. The topological polar surface area (TPSA) is 41.6 Å². The number of unbranched alkanes of at least 4 members (excludes halogenated alkanes) is 3. The van der Waals surface area contributed by atoms with Crippen molar-refractivity contribution in [1.29, 1.82) is 0 Å². The van der Waals surface area contributed by atoms with Gasteiger partial charge in [-0.05, 0) is 12.8 Å². The first-order valence-electron chi connectivity index (χ1n) is 4.25. The Bertz CT molecular complexity index is 102. The Morgan fingerprint density at radius 1 is 1.45 bits per heavy atom. The molecule has 3 heteroatoms. The second-order valence-electron chi connectivity index (χ2n) is 2.63. The predicted octanol–water partition coefficient (Wildman–Crippen LogP) is 1.40. The van der Waals surface area contributed by atoms with E-state index in [-0.39, 0.29) is 0 Å². The zero-order chi connectivity index (χ0) is 8.53. The number of nitrogens with two attached hydrogens (primary N) is 1. The first kappa shape index (κ1) is 10.4. The van der Waals surface area contributed by atoms with Gasteiger partial charge in [0.1, 0.15) is 0 Å². The smallest absolute Gasteiger partial charge is 0.0826 e. The van der Waals surface area contributed by atoms with Gasteiger partial charge in [0.2, 0.25) is 0 Å². The number of rotatable bonds is 6. The molecule has 0 fully saturated rings. The molecule has 0 spiro atoms. The molecular weight excluding hydrogens is 138 g/mol. The zero-order valence-corrected chi connectivity index (χ0v) is 7.58. The first-order valence-corrected chi connectivity index (χ1v) is 4.25. The van der Waals surface area contributed by atoms with Crippen LogP contribution in [0.3, 0.4) is 0 Å². The number of nitrogens with zero attached hydrogens (tertiary/aromatic N) is 2. The van der Waals surface area contributed by atoms with Crippen LogP contribution in [0.15, 0.2) is 5.10 Å². The van der Waals surface area contributed by atoms with Crippen LogP contribution in [0, 0.1) is 0 Å². The van der Waals surface area contributed by atoms with Crippen molar-refractivity contribution in [3.8, 4) is 0 Å². The standard InChI is InChI=1S/C8H19N3/c1-3-4-5-6-7-10-11(2)8-9/h7H,3-6,8-9H2,1-2H3/b10-7+. The normalized spacial score (nSPS) is 10.8. The fraction of sp³-hybridized carbons (Fsp3) is 0.875. The lowest BCUT2D eigenvalue weighted by Crippen LogP contribution is -2.19. The minimum absolute atomic E-state index is 0.490. The lowest BCUT2D eigenvalue weighted by atomic mass is 10.2. The Kier molecular flexibility index (Phi) is 7.15. The van der Waals surface area contributed by atoms with Crippen LogP contribution < -0.4 is 5.73 Å². The second-order valence-corrected chi connectivity index (χ2v) is 2.63. The van der Waals surface area contributed by atoms with E-state index in [1.54, 1.807) is 5.01 Å². The molecule has 0 aromatic heterocycles. The van der Waals surface area contributed by atoms with Gasteiger partial charge >= 0.3 is 0 Å². The Morgan fingerprint density at radius 2 is 2.18 bits per heavy atom. The van der Waals surface area contributed by atoms with Crippen molar-refractivity contribution >= 4 is 6.21 Å². The molecule has 0 aromatic rings. The summed E-state index contributed by atoms with van der Waals surface area (Å²) in [6, 6.07) is 0. The van der Waals surface area contributed by atoms with Crippen molar-refractivity contribution in [1.82, 2.24) is 5.01 Å². The van der Waals surface area contributed by atoms with Gasteiger partial charge in [0.25, 0.3) is 0 Å².